The number of para-hydroxylation sites is 1. The Balaban J connectivity index is 1.30. The molecule has 0 radical (unpaired) electrons. The van der Waals surface area contributed by atoms with Gasteiger partial charge >= 0.3 is 0 Å². The van der Waals surface area contributed by atoms with Crippen LogP contribution >= 0.6 is 0 Å². The van der Waals surface area contributed by atoms with Gasteiger partial charge in [-0.2, -0.15) is 0 Å². The number of anilines is 1. The number of rotatable bonds is 9. The molecule has 0 saturated carbocycles. The molecular weight excluding hydrogens is 474 g/mol. The van der Waals surface area contributed by atoms with Crippen LogP contribution in [0.15, 0.2) is 84.9 Å². The van der Waals surface area contributed by atoms with Gasteiger partial charge in [0.2, 0.25) is 15.9 Å². The molecule has 7 nitrogen and oxygen atoms in total. The summed E-state index contributed by atoms with van der Waals surface area (Å²) < 4.78 is 27.1. The normalized spacial score (nSPS) is 14.8. The first-order valence-corrected chi connectivity index (χ1v) is 13.8. The Bertz CT molecular complexity index is 1270. The summed E-state index contributed by atoms with van der Waals surface area (Å²) in [5.41, 5.74) is 2.74. The summed E-state index contributed by atoms with van der Waals surface area (Å²) >= 11 is 0. The van der Waals surface area contributed by atoms with Gasteiger partial charge in [-0.3, -0.25) is 9.59 Å². The van der Waals surface area contributed by atoms with Gasteiger partial charge in [0.15, 0.2) is 0 Å². The van der Waals surface area contributed by atoms with Crippen molar-refractivity contribution in [2.75, 3.05) is 25.0 Å². The van der Waals surface area contributed by atoms with Gasteiger partial charge in [0.25, 0.3) is 5.91 Å². The van der Waals surface area contributed by atoms with E-state index in [4.69, 9.17) is 0 Å². The highest BCUT2D eigenvalue weighted by atomic mass is 32.2. The summed E-state index contributed by atoms with van der Waals surface area (Å²) in [4.78, 5) is 25.8. The number of sulfonamides is 1. The monoisotopic (exact) mass is 505 g/mol. The zero-order chi connectivity index (χ0) is 25.4. The maximum atomic E-state index is 13.0. The third kappa shape index (κ3) is 6.80. The van der Waals surface area contributed by atoms with Gasteiger partial charge < -0.3 is 10.6 Å². The highest BCUT2D eigenvalue weighted by Gasteiger charge is 2.31. The summed E-state index contributed by atoms with van der Waals surface area (Å²) in [5.74, 6) is -0.803. The molecule has 0 aromatic heterocycles. The molecule has 3 aromatic rings. The molecule has 1 aliphatic rings. The van der Waals surface area contributed by atoms with Crippen LogP contribution in [0.1, 0.15) is 34.3 Å². The molecule has 36 heavy (non-hydrogen) atoms. The largest absolute Gasteiger partial charge is 0.352 e. The molecule has 1 saturated heterocycles. The number of nitrogens with one attached hydrogen (secondary N) is 2. The molecule has 0 bridgehead atoms. The van der Waals surface area contributed by atoms with Crippen LogP contribution in [0.4, 0.5) is 5.69 Å². The van der Waals surface area contributed by atoms with E-state index >= 15 is 0 Å². The van der Waals surface area contributed by atoms with Crippen LogP contribution in [0.2, 0.25) is 0 Å². The fourth-order valence-corrected chi connectivity index (χ4v) is 5.92. The number of carbonyl (C=O) groups excluding carboxylic acids is 2. The lowest BCUT2D eigenvalue weighted by Crippen LogP contribution is -2.42. The Kier molecular flexibility index (Phi) is 8.51. The number of benzene rings is 3. The molecule has 1 fully saturated rings. The van der Waals surface area contributed by atoms with Crippen LogP contribution in [-0.2, 0) is 27.0 Å². The molecule has 1 aliphatic heterocycles. The zero-order valence-corrected chi connectivity index (χ0v) is 20.9. The molecule has 8 heteroatoms. The van der Waals surface area contributed by atoms with E-state index < -0.39 is 10.0 Å². The van der Waals surface area contributed by atoms with E-state index in [0.29, 0.717) is 50.1 Å². The number of hydrogen-bond donors (Lipinski definition) is 2. The lowest BCUT2D eigenvalue weighted by atomic mass is 9.97. The average Bonchev–Trinajstić information content (AvgIpc) is 2.90. The van der Waals surface area contributed by atoms with Gasteiger partial charge in [-0.15, -0.1) is 0 Å². The lowest BCUT2D eigenvalue weighted by Gasteiger charge is -2.30. The first-order chi connectivity index (χ1) is 17.4. The molecule has 0 atom stereocenters. The van der Waals surface area contributed by atoms with Gasteiger partial charge in [0.1, 0.15) is 0 Å². The molecule has 188 valence electrons. The zero-order valence-electron chi connectivity index (χ0n) is 20.1. The second-order valence-corrected chi connectivity index (χ2v) is 10.9. The summed E-state index contributed by atoms with van der Waals surface area (Å²) in [7, 11) is -3.44. The Morgan fingerprint density at radius 3 is 2.06 bits per heavy atom. The number of hydrogen-bond acceptors (Lipinski definition) is 4. The van der Waals surface area contributed by atoms with Crippen LogP contribution in [-0.4, -0.2) is 44.2 Å². The van der Waals surface area contributed by atoms with E-state index in [1.165, 1.54) is 4.31 Å². The third-order valence-electron chi connectivity index (χ3n) is 6.38. The predicted octanol–water partition coefficient (Wildman–Crippen LogP) is 3.84. The standard InChI is InChI=1S/C28H31N3O4S/c32-27(24-16-19-31(20-17-24)36(34,35)21-23-11-5-2-6-12-23)30-26-14-8-7-13-25(26)28(33)29-18-15-22-9-3-1-4-10-22/h1-14,24H,15-21H2,(H,29,33)(H,30,32). The second-order valence-electron chi connectivity index (χ2n) is 8.94. The summed E-state index contributed by atoms with van der Waals surface area (Å²) in [6, 6.07) is 25.9. The predicted molar refractivity (Wildman–Crippen MR) is 141 cm³/mol. The van der Waals surface area contributed by atoms with Gasteiger partial charge in [-0.25, -0.2) is 12.7 Å². The molecule has 2 amide bonds. The molecule has 0 aliphatic carbocycles. The molecule has 3 aromatic carbocycles. The summed E-state index contributed by atoms with van der Waals surface area (Å²) in [5, 5.41) is 5.81. The topological polar surface area (TPSA) is 95.6 Å². The Hall–Kier alpha value is -3.49. The quantitative estimate of drug-likeness (QED) is 0.462. The lowest BCUT2D eigenvalue weighted by molar-refractivity contribution is -0.120. The van der Waals surface area contributed by atoms with Crippen molar-refractivity contribution >= 4 is 27.5 Å². The summed E-state index contributed by atoms with van der Waals surface area (Å²) in [6.07, 6.45) is 1.59. The van der Waals surface area contributed by atoms with E-state index in [1.807, 2.05) is 48.5 Å². The highest BCUT2D eigenvalue weighted by Crippen LogP contribution is 2.24. The van der Waals surface area contributed by atoms with Crippen molar-refractivity contribution in [2.45, 2.75) is 25.0 Å². The maximum absolute atomic E-state index is 13.0. The molecule has 1 heterocycles. The Morgan fingerprint density at radius 2 is 1.39 bits per heavy atom. The van der Waals surface area contributed by atoms with Crippen molar-refractivity contribution in [2.24, 2.45) is 5.92 Å². The van der Waals surface area contributed by atoms with Crippen LogP contribution in [0.25, 0.3) is 0 Å². The Labute approximate surface area is 212 Å². The van der Waals surface area contributed by atoms with Crippen molar-refractivity contribution in [1.82, 2.24) is 9.62 Å². The fraction of sp³-hybridized carbons (Fsp3) is 0.286. The number of carbonyl (C=O) groups is 2. The highest BCUT2D eigenvalue weighted by molar-refractivity contribution is 7.88. The maximum Gasteiger partial charge on any atom is 0.253 e. The molecule has 2 N–H and O–H groups in total. The minimum atomic E-state index is -3.44. The third-order valence-corrected chi connectivity index (χ3v) is 8.23. The first kappa shape index (κ1) is 25.6. The minimum absolute atomic E-state index is 0.0442. The van der Waals surface area contributed by atoms with E-state index in [0.717, 1.165) is 11.1 Å². The van der Waals surface area contributed by atoms with Crippen LogP contribution in [0.3, 0.4) is 0 Å². The molecule has 0 spiro atoms. The molecular formula is C28H31N3O4S. The van der Waals surface area contributed by atoms with E-state index in [-0.39, 0.29) is 23.5 Å². The van der Waals surface area contributed by atoms with E-state index in [2.05, 4.69) is 10.6 Å². The van der Waals surface area contributed by atoms with Crippen molar-refractivity contribution in [1.29, 1.82) is 0 Å². The smallest absolute Gasteiger partial charge is 0.253 e. The minimum Gasteiger partial charge on any atom is -0.352 e. The van der Waals surface area contributed by atoms with Gasteiger partial charge in [0, 0.05) is 25.6 Å². The number of piperidine rings is 1. The van der Waals surface area contributed by atoms with Crippen LogP contribution in [0, 0.1) is 5.92 Å². The molecule has 0 unspecified atom stereocenters. The van der Waals surface area contributed by atoms with Crippen molar-refractivity contribution in [3.63, 3.8) is 0 Å². The van der Waals surface area contributed by atoms with Crippen LogP contribution in [0.5, 0.6) is 0 Å². The molecule has 4 rings (SSSR count). The SMILES string of the molecule is O=C(NCCc1ccccc1)c1ccccc1NC(=O)C1CCN(S(=O)(=O)Cc2ccccc2)CC1. The van der Waals surface area contributed by atoms with Gasteiger partial charge in [-0.05, 0) is 42.5 Å². The van der Waals surface area contributed by atoms with Gasteiger partial charge in [-0.1, -0.05) is 72.8 Å². The van der Waals surface area contributed by atoms with E-state index in [1.54, 1.807) is 36.4 Å². The summed E-state index contributed by atoms with van der Waals surface area (Å²) in [6.45, 7) is 1.09. The van der Waals surface area contributed by atoms with Gasteiger partial charge in [0.05, 0.1) is 17.0 Å². The number of amides is 2. The first-order valence-electron chi connectivity index (χ1n) is 12.2. The Morgan fingerprint density at radius 1 is 0.806 bits per heavy atom. The fourth-order valence-electron chi connectivity index (χ4n) is 4.36. The van der Waals surface area contributed by atoms with Crippen molar-refractivity contribution in [3.05, 3.63) is 102 Å². The average molecular weight is 506 g/mol. The van der Waals surface area contributed by atoms with E-state index in [9.17, 15) is 18.0 Å². The van der Waals surface area contributed by atoms with Crippen molar-refractivity contribution < 1.29 is 18.0 Å². The van der Waals surface area contributed by atoms with Crippen molar-refractivity contribution in [3.8, 4) is 0 Å². The van der Waals surface area contributed by atoms with Crippen LogP contribution < -0.4 is 10.6 Å². The number of nitrogens with zero attached hydrogens (tertiary/aromatic N) is 1. The second kappa shape index (κ2) is 12.0.